The Morgan fingerprint density at radius 2 is 2.20 bits per heavy atom. The molecule has 3 rings (SSSR count). The Balaban J connectivity index is 1.89. The van der Waals surface area contributed by atoms with Gasteiger partial charge < -0.3 is 10.1 Å². The van der Waals surface area contributed by atoms with Gasteiger partial charge in [0.25, 0.3) is 0 Å². The third-order valence-electron chi connectivity index (χ3n) is 3.41. The summed E-state index contributed by atoms with van der Waals surface area (Å²) in [6.45, 7) is 2.27. The number of rotatable bonds is 3. The van der Waals surface area contributed by atoms with E-state index in [0.29, 0.717) is 11.3 Å². The van der Waals surface area contributed by atoms with Gasteiger partial charge >= 0.3 is 0 Å². The number of thiophene rings is 1. The number of nitrogens with one attached hydrogen (secondary N) is 1. The lowest BCUT2D eigenvalue weighted by Crippen LogP contribution is -2.19. The number of anilines is 1. The SMILES string of the molecule is COc1ccc(Cl)c(NC2C[C@H](C)Sc3sccc32)c1. The van der Waals surface area contributed by atoms with Gasteiger partial charge in [-0.15, -0.1) is 23.1 Å². The second-order valence-corrected chi connectivity index (χ2v) is 7.90. The van der Waals surface area contributed by atoms with Crippen LogP contribution in [0.5, 0.6) is 5.75 Å². The van der Waals surface area contributed by atoms with Crippen molar-refractivity contribution in [2.75, 3.05) is 12.4 Å². The molecule has 1 unspecified atom stereocenters. The molecule has 1 aliphatic rings. The standard InChI is InChI=1S/C15H16ClNOS2/c1-9-7-13(11-5-6-19-15(11)20-9)17-14-8-10(18-2)3-4-12(14)16/h3-6,8-9,13,17H,7H2,1-2H3/t9-,13?/m0/s1. The zero-order chi connectivity index (χ0) is 14.1. The first-order valence-electron chi connectivity index (χ1n) is 6.51. The molecule has 0 fully saturated rings. The van der Waals surface area contributed by atoms with E-state index in [1.54, 1.807) is 7.11 Å². The Morgan fingerprint density at radius 1 is 1.35 bits per heavy atom. The third kappa shape index (κ3) is 2.78. The van der Waals surface area contributed by atoms with E-state index in [-0.39, 0.29) is 0 Å². The third-order valence-corrected chi connectivity index (χ3v) is 6.09. The van der Waals surface area contributed by atoms with Gasteiger partial charge in [-0.1, -0.05) is 18.5 Å². The van der Waals surface area contributed by atoms with Gasteiger partial charge in [0.05, 0.1) is 28.1 Å². The van der Waals surface area contributed by atoms with Crippen LogP contribution in [0.4, 0.5) is 5.69 Å². The molecule has 1 N–H and O–H groups in total. The van der Waals surface area contributed by atoms with Crippen LogP contribution in [-0.2, 0) is 0 Å². The van der Waals surface area contributed by atoms with E-state index < -0.39 is 0 Å². The molecule has 20 heavy (non-hydrogen) atoms. The first kappa shape index (κ1) is 14.1. The second kappa shape index (κ2) is 5.88. The number of thioether (sulfide) groups is 1. The quantitative estimate of drug-likeness (QED) is 0.811. The van der Waals surface area contributed by atoms with Gasteiger partial charge in [-0.05, 0) is 35.6 Å². The molecule has 1 aliphatic heterocycles. The van der Waals surface area contributed by atoms with E-state index in [1.807, 2.05) is 41.3 Å². The minimum atomic E-state index is 0.317. The summed E-state index contributed by atoms with van der Waals surface area (Å²) in [5.41, 5.74) is 2.32. The first-order valence-corrected chi connectivity index (χ1v) is 8.65. The smallest absolute Gasteiger partial charge is 0.121 e. The molecule has 5 heteroatoms. The van der Waals surface area contributed by atoms with Gasteiger partial charge in [-0.25, -0.2) is 0 Å². The van der Waals surface area contributed by atoms with Crippen molar-refractivity contribution < 1.29 is 4.74 Å². The van der Waals surface area contributed by atoms with Crippen LogP contribution in [0.1, 0.15) is 24.9 Å². The van der Waals surface area contributed by atoms with Gasteiger partial charge in [0.2, 0.25) is 0 Å². The number of ether oxygens (including phenoxy) is 1. The fourth-order valence-corrected chi connectivity index (χ4v) is 5.15. The maximum atomic E-state index is 6.29. The van der Waals surface area contributed by atoms with Crippen LogP contribution in [0, 0.1) is 0 Å². The maximum Gasteiger partial charge on any atom is 0.121 e. The van der Waals surface area contributed by atoms with Gasteiger partial charge in [-0.3, -0.25) is 0 Å². The van der Waals surface area contributed by atoms with Crippen molar-refractivity contribution in [2.24, 2.45) is 0 Å². The number of halogens is 1. The molecule has 0 amide bonds. The lowest BCUT2D eigenvalue weighted by Gasteiger charge is -2.28. The number of methoxy groups -OCH3 is 1. The number of hydrogen-bond acceptors (Lipinski definition) is 4. The Morgan fingerprint density at radius 3 is 3.00 bits per heavy atom. The highest BCUT2D eigenvalue weighted by Gasteiger charge is 2.26. The van der Waals surface area contributed by atoms with Crippen molar-refractivity contribution in [3.8, 4) is 5.75 Å². The Bertz CT molecular complexity index is 614. The Labute approximate surface area is 132 Å². The molecule has 2 heterocycles. The molecule has 1 aromatic carbocycles. The Kier molecular flexibility index (Phi) is 4.15. The molecule has 2 nitrogen and oxygen atoms in total. The summed E-state index contributed by atoms with van der Waals surface area (Å²) in [4.78, 5) is 0. The normalized spacial score (nSPS) is 21.4. The van der Waals surface area contributed by atoms with Crippen molar-refractivity contribution in [3.05, 3.63) is 40.2 Å². The van der Waals surface area contributed by atoms with E-state index in [9.17, 15) is 0 Å². The van der Waals surface area contributed by atoms with Crippen molar-refractivity contribution in [1.82, 2.24) is 0 Å². The van der Waals surface area contributed by atoms with Gasteiger partial charge in [-0.2, -0.15) is 0 Å². The first-order chi connectivity index (χ1) is 9.67. The molecular formula is C15H16ClNOS2. The van der Waals surface area contributed by atoms with Crippen molar-refractivity contribution in [2.45, 2.75) is 28.8 Å². The highest BCUT2D eigenvalue weighted by Crippen LogP contribution is 2.45. The molecule has 2 atom stereocenters. The second-order valence-electron chi connectivity index (χ2n) is 4.87. The average Bonchev–Trinajstić information content (AvgIpc) is 2.89. The molecule has 2 aromatic rings. The van der Waals surface area contributed by atoms with Crippen LogP contribution >= 0.6 is 34.7 Å². The van der Waals surface area contributed by atoms with Gasteiger partial charge in [0, 0.05) is 11.3 Å². The molecule has 0 bridgehead atoms. The van der Waals surface area contributed by atoms with E-state index in [1.165, 1.54) is 9.77 Å². The number of hydrogen-bond donors (Lipinski definition) is 1. The maximum absolute atomic E-state index is 6.29. The highest BCUT2D eigenvalue weighted by atomic mass is 35.5. The van der Waals surface area contributed by atoms with Crippen LogP contribution in [0.15, 0.2) is 33.9 Å². The van der Waals surface area contributed by atoms with Gasteiger partial charge in [0.15, 0.2) is 0 Å². The van der Waals surface area contributed by atoms with Gasteiger partial charge in [0.1, 0.15) is 5.75 Å². The topological polar surface area (TPSA) is 21.3 Å². The lowest BCUT2D eigenvalue weighted by atomic mass is 10.0. The van der Waals surface area contributed by atoms with Crippen molar-refractivity contribution in [1.29, 1.82) is 0 Å². The molecule has 0 saturated heterocycles. The van der Waals surface area contributed by atoms with Crippen LogP contribution < -0.4 is 10.1 Å². The zero-order valence-corrected chi connectivity index (χ0v) is 13.7. The highest BCUT2D eigenvalue weighted by molar-refractivity contribution is 8.01. The van der Waals surface area contributed by atoms with Crippen molar-refractivity contribution in [3.63, 3.8) is 0 Å². The van der Waals surface area contributed by atoms with E-state index >= 15 is 0 Å². The van der Waals surface area contributed by atoms with E-state index in [4.69, 9.17) is 16.3 Å². The lowest BCUT2D eigenvalue weighted by molar-refractivity contribution is 0.415. The molecule has 0 aliphatic carbocycles. The summed E-state index contributed by atoms with van der Waals surface area (Å²) in [5, 5.41) is 7.09. The summed E-state index contributed by atoms with van der Waals surface area (Å²) < 4.78 is 6.69. The fraction of sp³-hybridized carbons (Fsp3) is 0.333. The van der Waals surface area contributed by atoms with Crippen LogP contribution in [-0.4, -0.2) is 12.4 Å². The van der Waals surface area contributed by atoms with E-state index in [2.05, 4.69) is 23.7 Å². The van der Waals surface area contributed by atoms with Crippen LogP contribution in [0.25, 0.3) is 0 Å². The zero-order valence-electron chi connectivity index (χ0n) is 11.4. The minimum absolute atomic E-state index is 0.317. The van der Waals surface area contributed by atoms with E-state index in [0.717, 1.165) is 22.9 Å². The Hall–Kier alpha value is -0.840. The predicted molar refractivity (Wildman–Crippen MR) is 88.6 cm³/mol. The number of fused-ring (bicyclic) bond motifs is 1. The monoisotopic (exact) mass is 325 g/mol. The summed E-state index contributed by atoms with van der Waals surface area (Å²) in [7, 11) is 1.67. The van der Waals surface area contributed by atoms with Crippen LogP contribution in [0.2, 0.25) is 5.02 Å². The predicted octanol–water partition coefficient (Wildman–Crippen LogP) is 5.45. The largest absolute Gasteiger partial charge is 0.497 e. The summed E-state index contributed by atoms with van der Waals surface area (Å²) in [5.74, 6) is 0.820. The summed E-state index contributed by atoms with van der Waals surface area (Å²) in [6, 6.07) is 8.24. The van der Waals surface area contributed by atoms with Crippen LogP contribution in [0.3, 0.4) is 0 Å². The average molecular weight is 326 g/mol. The molecule has 1 aromatic heterocycles. The van der Waals surface area contributed by atoms with Crippen molar-refractivity contribution >= 4 is 40.4 Å². The summed E-state index contributed by atoms with van der Waals surface area (Å²) in [6.07, 6.45) is 1.10. The molecular weight excluding hydrogens is 310 g/mol. The minimum Gasteiger partial charge on any atom is -0.497 e. The molecule has 0 spiro atoms. The molecule has 0 radical (unpaired) electrons. The number of benzene rings is 1. The fourth-order valence-electron chi connectivity index (χ4n) is 2.42. The molecule has 0 saturated carbocycles. The molecule has 106 valence electrons. The summed E-state index contributed by atoms with van der Waals surface area (Å²) >= 11 is 10.1.